The quantitative estimate of drug-likeness (QED) is 0.555. The summed E-state index contributed by atoms with van der Waals surface area (Å²) in [5.74, 6) is 0. The lowest BCUT2D eigenvalue weighted by Gasteiger charge is -2.12. The third kappa shape index (κ3) is 1.37. The van der Waals surface area contributed by atoms with Crippen LogP contribution < -0.4 is 5.32 Å². The zero-order valence-corrected chi connectivity index (χ0v) is 8.11. The fraction of sp³-hybridized carbons (Fsp3) is 0.333. The van der Waals surface area contributed by atoms with E-state index >= 15 is 0 Å². The molecule has 2 heteroatoms. The van der Waals surface area contributed by atoms with E-state index in [1.54, 1.807) is 0 Å². The standard InChI is InChI=1S/C12H15NO/c1-2-8-12(11(9-14)13-12)10-6-4-3-5-7-10/h2-7,11,13-14H,1,8-9H2/t11-,12-/m1/s1. The molecule has 0 bridgehead atoms. The van der Waals surface area contributed by atoms with Crippen LogP contribution in [0.2, 0.25) is 0 Å². The molecule has 0 aliphatic carbocycles. The van der Waals surface area contributed by atoms with Gasteiger partial charge in [0.25, 0.3) is 0 Å². The van der Waals surface area contributed by atoms with E-state index in [-0.39, 0.29) is 18.2 Å². The van der Waals surface area contributed by atoms with Crippen molar-refractivity contribution in [2.45, 2.75) is 18.0 Å². The first-order chi connectivity index (χ1) is 6.83. The largest absolute Gasteiger partial charge is 0.395 e. The molecule has 0 saturated carbocycles. The lowest BCUT2D eigenvalue weighted by Crippen LogP contribution is -2.15. The maximum atomic E-state index is 9.13. The van der Waals surface area contributed by atoms with E-state index in [2.05, 4.69) is 24.0 Å². The van der Waals surface area contributed by atoms with Gasteiger partial charge in [0.1, 0.15) is 0 Å². The number of hydrogen-bond acceptors (Lipinski definition) is 2. The first-order valence-corrected chi connectivity index (χ1v) is 4.88. The number of hydrogen-bond donors (Lipinski definition) is 2. The van der Waals surface area contributed by atoms with E-state index < -0.39 is 0 Å². The Morgan fingerprint density at radius 3 is 2.64 bits per heavy atom. The van der Waals surface area contributed by atoms with Crippen molar-refractivity contribution in [2.75, 3.05) is 6.61 Å². The maximum absolute atomic E-state index is 9.13. The van der Waals surface area contributed by atoms with Crippen LogP contribution in [-0.4, -0.2) is 17.8 Å². The van der Waals surface area contributed by atoms with Crippen LogP contribution in [0.3, 0.4) is 0 Å². The summed E-state index contributed by atoms with van der Waals surface area (Å²) in [5, 5.41) is 12.5. The van der Waals surface area contributed by atoms with Gasteiger partial charge in [-0.3, -0.25) is 5.32 Å². The second-order valence-corrected chi connectivity index (χ2v) is 3.71. The first-order valence-electron chi connectivity index (χ1n) is 4.88. The van der Waals surface area contributed by atoms with Gasteiger partial charge in [-0.15, -0.1) is 6.58 Å². The molecule has 2 rings (SSSR count). The second-order valence-electron chi connectivity index (χ2n) is 3.71. The van der Waals surface area contributed by atoms with Crippen molar-refractivity contribution in [3.05, 3.63) is 48.6 Å². The van der Waals surface area contributed by atoms with Gasteiger partial charge in [0.15, 0.2) is 0 Å². The Hall–Kier alpha value is -1.12. The highest BCUT2D eigenvalue weighted by molar-refractivity contribution is 5.35. The molecule has 74 valence electrons. The van der Waals surface area contributed by atoms with E-state index in [0.29, 0.717) is 0 Å². The Bertz CT molecular complexity index is 322. The number of benzene rings is 1. The topological polar surface area (TPSA) is 42.2 Å². The fourth-order valence-electron chi connectivity index (χ4n) is 2.04. The molecule has 1 saturated heterocycles. The molecule has 0 spiro atoms. The van der Waals surface area contributed by atoms with Crippen LogP contribution in [0.25, 0.3) is 0 Å². The molecule has 1 heterocycles. The minimum absolute atomic E-state index is 0.0578. The third-order valence-corrected chi connectivity index (χ3v) is 2.88. The molecule has 0 unspecified atom stereocenters. The monoisotopic (exact) mass is 189 g/mol. The lowest BCUT2D eigenvalue weighted by atomic mass is 9.92. The summed E-state index contributed by atoms with van der Waals surface area (Å²) in [6.07, 6.45) is 2.76. The highest BCUT2D eigenvalue weighted by Crippen LogP contribution is 2.40. The van der Waals surface area contributed by atoms with Gasteiger partial charge in [-0.05, 0) is 12.0 Å². The van der Waals surface area contributed by atoms with E-state index in [4.69, 9.17) is 5.11 Å². The summed E-state index contributed by atoms with van der Waals surface area (Å²) < 4.78 is 0. The molecule has 2 atom stereocenters. The summed E-state index contributed by atoms with van der Waals surface area (Å²) in [5.41, 5.74) is 1.18. The average Bonchev–Trinajstić information content (AvgIpc) is 2.95. The van der Waals surface area contributed by atoms with Gasteiger partial charge >= 0.3 is 0 Å². The molecule has 1 aliphatic rings. The van der Waals surface area contributed by atoms with E-state index in [1.807, 2.05) is 24.3 Å². The number of aliphatic hydroxyl groups is 1. The van der Waals surface area contributed by atoms with Gasteiger partial charge in [-0.2, -0.15) is 0 Å². The van der Waals surface area contributed by atoms with Crippen LogP contribution in [0.4, 0.5) is 0 Å². The molecule has 0 radical (unpaired) electrons. The maximum Gasteiger partial charge on any atom is 0.0651 e. The molecular weight excluding hydrogens is 174 g/mol. The number of rotatable bonds is 4. The van der Waals surface area contributed by atoms with Crippen LogP contribution in [0.1, 0.15) is 12.0 Å². The van der Waals surface area contributed by atoms with Gasteiger partial charge in [0.2, 0.25) is 0 Å². The zero-order valence-electron chi connectivity index (χ0n) is 8.11. The molecule has 1 aliphatic heterocycles. The molecule has 2 N–H and O–H groups in total. The third-order valence-electron chi connectivity index (χ3n) is 2.88. The van der Waals surface area contributed by atoms with Crippen LogP contribution in [-0.2, 0) is 5.54 Å². The summed E-state index contributed by atoms with van der Waals surface area (Å²) >= 11 is 0. The van der Waals surface area contributed by atoms with E-state index in [0.717, 1.165) is 6.42 Å². The van der Waals surface area contributed by atoms with Gasteiger partial charge in [0, 0.05) is 0 Å². The van der Waals surface area contributed by atoms with E-state index in [1.165, 1.54) is 5.56 Å². The van der Waals surface area contributed by atoms with Crippen LogP contribution in [0.5, 0.6) is 0 Å². The summed E-state index contributed by atoms with van der Waals surface area (Å²) in [7, 11) is 0. The summed E-state index contributed by atoms with van der Waals surface area (Å²) in [6, 6.07) is 10.4. The molecule has 1 aromatic carbocycles. The van der Waals surface area contributed by atoms with Crippen LogP contribution in [0, 0.1) is 0 Å². The lowest BCUT2D eigenvalue weighted by molar-refractivity contribution is 0.287. The minimum atomic E-state index is -0.0578. The van der Waals surface area contributed by atoms with Crippen molar-refractivity contribution in [3.63, 3.8) is 0 Å². The summed E-state index contributed by atoms with van der Waals surface area (Å²) in [4.78, 5) is 0. The van der Waals surface area contributed by atoms with Gasteiger partial charge in [-0.1, -0.05) is 36.4 Å². The molecule has 0 aromatic heterocycles. The van der Waals surface area contributed by atoms with Crippen molar-refractivity contribution >= 4 is 0 Å². The molecule has 0 amide bonds. The van der Waals surface area contributed by atoms with Crippen LogP contribution in [0.15, 0.2) is 43.0 Å². The predicted molar refractivity (Wildman–Crippen MR) is 56.9 cm³/mol. The highest BCUT2D eigenvalue weighted by Gasteiger charge is 2.53. The smallest absolute Gasteiger partial charge is 0.0651 e. The second kappa shape index (κ2) is 3.56. The van der Waals surface area contributed by atoms with Crippen molar-refractivity contribution in [2.24, 2.45) is 0 Å². The van der Waals surface area contributed by atoms with Gasteiger partial charge in [0.05, 0.1) is 18.2 Å². The Balaban J connectivity index is 2.26. The number of nitrogens with one attached hydrogen (secondary N) is 1. The molecular formula is C12H15NO. The summed E-state index contributed by atoms with van der Waals surface area (Å²) in [6.45, 7) is 3.94. The van der Waals surface area contributed by atoms with Crippen molar-refractivity contribution < 1.29 is 5.11 Å². The van der Waals surface area contributed by atoms with Gasteiger partial charge in [-0.25, -0.2) is 0 Å². The van der Waals surface area contributed by atoms with Gasteiger partial charge < -0.3 is 5.11 Å². The normalized spacial score (nSPS) is 29.9. The highest BCUT2D eigenvalue weighted by atomic mass is 16.3. The Morgan fingerprint density at radius 1 is 1.43 bits per heavy atom. The molecule has 2 nitrogen and oxygen atoms in total. The molecule has 1 fully saturated rings. The van der Waals surface area contributed by atoms with E-state index in [9.17, 15) is 0 Å². The Kier molecular flexibility index (Phi) is 2.40. The number of aliphatic hydroxyl groups excluding tert-OH is 1. The predicted octanol–water partition coefficient (Wildman–Crippen LogP) is 1.42. The Morgan fingerprint density at radius 2 is 2.14 bits per heavy atom. The van der Waals surface area contributed by atoms with Crippen molar-refractivity contribution in [3.8, 4) is 0 Å². The average molecular weight is 189 g/mol. The zero-order chi connectivity index (χ0) is 10.0. The fourth-order valence-corrected chi connectivity index (χ4v) is 2.04. The van der Waals surface area contributed by atoms with Crippen molar-refractivity contribution in [1.29, 1.82) is 0 Å². The first kappa shape index (κ1) is 9.44. The molecule has 14 heavy (non-hydrogen) atoms. The minimum Gasteiger partial charge on any atom is -0.395 e. The molecule has 1 aromatic rings. The SMILES string of the molecule is C=CC[C@]1(c2ccccc2)N[C@@H]1CO. The van der Waals surface area contributed by atoms with Crippen molar-refractivity contribution in [1.82, 2.24) is 5.32 Å². The Labute approximate surface area is 84.3 Å². The van der Waals surface area contributed by atoms with Crippen LogP contribution >= 0.6 is 0 Å².